The van der Waals surface area contributed by atoms with Gasteiger partial charge in [-0.05, 0) is 19.3 Å². The van der Waals surface area contributed by atoms with Crippen LogP contribution in [0.1, 0.15) is 19.3 Å². The van der Waals surface area contributed by atoms with Crippen LogP contribution in [0.4, 0.5) is 13.2 Å². The molecule has 0 radical (unpaired) electrons. The average Bonchev–Trinajstić information content (AvgIpc) is 2.90. The van der Waals surface area contributed by atoms with E-state index in [2.05, 4.69) is 5.32 Å². The maximum absolute atomic E-state index is 12.3. The van der Waals surface area contributed by atoms with Crippen LogP contribution in [0.2, 0.25) is 0 Å². The molecular weight excluding hydrogens is 277 g/mol. The van der Waals surface area contributed by atoms with Crippen molar-refractivity contribution in [2.75, 3.05) is 26.3 Å². The Morgan fingerprint density at radius 1 is 1.15 bits per heavy atom. The third kappa shape index (κ3) is 3.62. The van der Waals surface area contributed by atoms with E-state index in [0.717, 1.165) is 11.3 Å². The first-order valence-corrected chi connectivity index (χ1v) is 6.62. The van der Waals surface area contributed by atoms with E-state index in [0.29, 0.717) is 13.2 Å². The van der Waals surface area contributed by atoms with Gasteiger partial charge in [0.15, 0.2) is 0 Å². The van der Waals surface area contributed by atoms with Crippen LogP contribution in [0.25, 0.3) is 0 Å². The Morgan fingerprint density at radius 2 is 1.80 bits per heavy atom. The molecule has 0 aromatic heterocycles. The van der Waals surface area contributed by atoms with Gasteiger partial charge in [0, 0.05) is 25.6 Å². The smallest absolute Gasteiger partial charge is 0.379 e. The lowest BCUT2D eigenvalue weighted by molar-refractivity contribution is -0.186. The maximum Gasteiger partial charge on any atom is 0.471 e. The molecule has 1 unspecified atom stereocenters. The van der Waals surface area contributed by atoms with E-state index in [9.17, 15) is 22.8 Å². The third-order valence-electron chi connectivity index (χ3n) is 3.67. The highest BCUT2D eigenvalue weighted by Gasteiger charge is 2.43. The van der Waals surface area contributed by atoms with E-state index in [4.69, 9.17) is 4.74 Å². The van der Waals surface area contributed by atoms with E-state index >= 15 is 0 Å². The third-order valence-corrected chi connectivity index (χ3v) is 3.67. The summed E-state index contributed by atoms with van der Waals surface area (Å²) in [5, 5.41) is 2.83. The fourth-order valence-electron chi connectivity index (χ4n) is 2.49. The second-order valence-electron chi connectivity index (χ2n) is 5.13. The lowest BCUT2D eigenvalue weighted by Crippen LogP contribution is -2.48. The van der Waals surface area contributed by atoms with Crippen molar-refractivity contribution < 1.29 is 27.5 Å². The number of rotatable bonds is 2. The van der Waals surface area contributed by atoms with Gasteiger partial charge in [0.05, 0.1) is 12.6 Å². The van der Waals surface area contributed by atoms with Gasteiger partial charge in [-0.3, -0.25) is 9.59 Å². The molecular formula is C12H17F3N2O3. The van der Waals surface area contributed by atoms with Crippen molar-refractivity contribution in [3.8, 4) is 0 Å². The second-order valence-corrected chi connectivity index (χ2v) is 5.13. The molecule has 2 fully saturated rings. The molecule has 2 saturated heterocycles. The molecule has 0 aromatic carbocycles. The van der Waals surface area contributed by atoms with Crippen molar-refractivity contribution >= 4 is 11.8 Å². The van der Waals surface area contributed by atoms with Crippen molar-refractivity contribution in [3.63, 3.8) is 0 Å². The number of nitrogens with one attached hydrogen (secondary N) is 1. The first-order valence-electron chi connectivity index (χ1n) is 6.62. The molecule has 1 atom stereocenters. The van der Waals surface area contributed by atoms with Crippen LogP contribution >= 0.6 is 0 Å². The maximum atomic E-state index is 12.3. The lowest BCUT2D eigenvalue weighted by Gasteiger charge is -2.32. The highest BCUT2D eigenvalue weighted by molar-refractivity contribution is 5.83. The summed E-state index contributed by atoms with van der Waals surface area (Å²) in [6.45, 7) is 1.04. The van der Waals surface area contributed by atoms with Crippen molar-refractivity contribution in [3.05, 3.63) is 0 Å². The predicted octanol–water partition coefficient (Wildman–Crippen LogP) is 0.692. The summed E-state index contributed by atoms with van der Waals surface area (Å²) in [6.07, 6.45) is -3.55. The van der Waals surface area contributed by atoms with Crippen LogP contribution in [0, 0.1) is 5.92 Å². The molecule has 114 valence electrons. The molecule has 20 heavy (non-hydrogen) atoms. The van der Waals surface area contributed by atoms with Crippen LogP contribution in [-0.2, 0) is 14.3 Å². The fraction of sp³-hybridized carbons (Fsp3) is 0.833. The van der Waals surface area contributed by atoms with E-state index in [1.165, 1.54) is 0 Å². The van der Waals surface area contributed by atoms with Crippen molar-refractivity contribution in [2.45, 2.75) is 31.5 Å². The van der Waals surface area contributed by atoms with Crippen molar-refractivity contribution in [2.24, 2.45) is 5.92 Å². The number of ether oxygens (including phenoxy) is 1. The second kappa shape index (κ2) is 5.99. The number of likely N-dealkylation sites (tertiary alicyclic amines) is 1. The summed E-state index contributed by atoms with van der Waals surface area (Å²) in [4.78, 5) is 23.8. The Kier molecular flexibility index (Phi) is 4.52. The average molecular weight is 294 g/mol. The fourth-order valence-corrected chi connectivity index (χ4v) is 2.49. The molecule has 8 heteroatoms. The Labute approximate surface area is 114 Å². The first kappa shape index (κ1) is 15.1. The van der Waals surface area contributed by atoms with Gasteiger partial charge in [0.2, 0.25) is 5.91 Å². The van der Waals surface area contributed by atoms with Crippen LogP contribution in [0.15, 0.2) is 0 Å². The molecule has 2 aliphatic rings. The van der Waals surface area contributed by atoms with E-state index in [1.807, 2.05) is 0 Å². The standard InChI is InChI=1S/C12H17F3N2O3/c13-12(14,15)11(19)17-4-1-8(2-5-17)10(18)16-9-3-6-20-7-9/h8-9H,1-7H2,(H,16,18). The minimum atomic E-state index is -4.84. The molecule has 0 spiro atoms. The molecule has 5 nitrogen and oxygen atoms in total. The van der Waals surface area contributed by atoms with Gasteiger partial charge in [0.25, 0.3) is 0 Å². The molecule has 0 aliphatic carbocycles. The molecule has 0 aromatic rings. The number of piperidine rings is 1. The van der Waals surface area contributed by atoms with Crippen LogP contribution < -0.4 is 5.32 Å². The number of amides is 2. The van der Waals surface area contributed by atoms with Crippen molar-refractivity contribution in [1.82, 2.24) is 10.2 Å². The SMILES string of the molecule is O=C(NC1CCOC1)C1CCN(C(=O)C(F)(F)F)CC1. The summed E-state index contributed by atoms with van der Waals surface area (Å²) >= 11 is 0. The summed E-state index contributed by atoms with van der Waals surface area (Å²) in [7, 11) is 0. The summed E-state index contributed by atoms with van der Waals surface area (Å²) in [6, 6.07) is -0.00247. The minimum Gasteiger partial charge on any atom is -0.379 e. The van der Waals surface area contributed by atoms with Crippen LogP contribution in [0.3, 0.4) is 0 Å². The van der Waals surface area contributed by atoms with Gasteiger partial charge in [-0.15, -0.1) is 0 Å². The Bertz CT molecular complexity index is 373. The topological polar surface area (TPSA) is 58.6 Å². The van der Waals surface area contributed by atoms with Crippen molar-refractivity contribution in [1.29, 1.82) is 0 Å². The molecule has 1 N–H and O–H groups in total. The van der Waals surface area contributed by atoms with Crippen LogP contribution in [0.5, 0.6) is 0 Å². The number of alkyl halides is 3. The predicted molar refractivity (Wildman–Crippen MR) is 62.7 cm³/mol. The van der Waals surface area contributed by atoms with E-state index in [1.54, 1.807) is 0 Å². The van der Waals surface area contributed by atoms with Gasteiger partial charge in [0.1, 0.15) is 0 Å². The Hall–Kier alpha value is -1.31. The lowest BCUT2D eigenvalue weighted by atomic mass is 9.95. The minimum absolute atomic E-state index is 0.00247. The first-order chi connectivity index (χ1) is 9.38. The highest BCUT2D eigenvalue weighted by atomic mass is 19.4. The van der Waals surface area contributed by atoms with Gasteiger partial charge in [-0.2, -0.15) is 13.2 Å². The largest absolute Gasteiger partial charge is 0.471 e. The number of carbonyl (C=O) groups is 2. The van der Waals surface area contributed by atoms with E-state index < -0.39 is 12.1 Å². The molecule has 0 saturated carbocycles. The monoisotopic (exact) mass is 294 g/mol. The quantitative estimate of drug-likeness (QED) is 0.815. The number of nitrogens with zero attached hydrogens (tertiary/aromatic N) is 1. The summed E-state index contributed by atoms with van der Waals surface area (Å²) in [5.74, 6) is -2.30. The van der Waals surface area contributed by atoms with Gasteiger partial charge < -0.3 is 15.0 Å². The number of hydrogen-bond donors (Lipinski definition) is 1. The van der Waals surface area contributed by atoms with Gasteiger partial charge in [-0.25, -0.2) is 0 Å². The Balaban J connectivity index is 1.78. The zero-order valence-corrected chi connectivity index (χ0v) is 10.9. The Morgan fingerprint density at radius 3 is 2.30 bits per heavy atom. The highest BCUT2D eigenvalue weighted by Crippen LogP contribution is 2.24. The number of hydrogen-bond acceptors (Lipinski definition) is 3. The summed E-state index contributed by atoms with van der Waals surface area (Å²) < 4.78 is 42.0. The molecule has 2 rings (SSSR count). The van der Waals surface area contributed by atoms with E-state index in [-0.39, 0.29) is 43.8 Å². The molecule has 2 aliphatic heterocycles. The van der Waals surface area contributed by atoms with Gasteiger partial charge in [-0.1, -0.05) is 0 Å². The molecule has 0 bridgehead atoms. The normalized spacial score (nSPS) is 24.8. The zero-order chi connectivity index (χ0) is 14.8. The van der Waals surface area contributed by atoms with Gasteiger partial charge >= 0.3 is 12.1 Å². The molecule has 2 heterocycles. The summed E-state index contributed by atoms with van der Waals surface area (Å²) in [5.41, 5.74) is 0. The zero-order valence-electron chi connectivity index (χ0n) is 10.9. The number of halogens is 3. The molecule has 2 amide bonds. The van der Waals surface area contributed by atoms with Crippen LogP contribution in [-0.4, -0.2) is 55.2 Å². The number of carbonyl (C=O) groups excluding carboxylic acids is 2.